The van der Waals surface area contributed by atoms with Crippen LogP contribution in [0.1, 0.15) is 85.5 Å². The van der Waals surface area contributed by atoms with Crippen molar-refractivity contribution in [1.82, 2.24) is 14.8 Å². The third kappa shape index (κ3) is 3.99. The van der Waals surface area contributed by atoms with Gasteiger partial charge in [-0.05, 0) is 62.3 Å². The minimum Gasteiger partial charge on any atom is -0.464 e. The zero-order valence-corrected chi connectivity index (χ0v) is 18.3. The molecule has 0 bridgehead atoms. The Labute approximate surface area is 182 Å². The highest BCUT2D eigenvalue weighted by Gasteiger charge is 2.32. The lowest BCUT2D eigenvalue weighted by Gasteiger charge is -2.26. The normalized spacial score (nSPS) is 18.5. The molecule has 4 rings (SSSR count). The molecule has 0 N–H and O–H groups in total. The van der Waals surface area contributed by atoms with Crippen LogP contribution >= 0.6 is 0 Å². The largest absolute Gasteiger partial charge is 0.464 e. The van der Waals surface area contributed by atoms with Crippen LogP contribution in [0.5, 0.6) is 0 Å². The third-order valence-electron chi connectivity index (χ3n) is 6.44. The maximum Gasteiger partial charge on any atom is 0.356 e. The summed E-state index contributed by atoms with van der Waals surface area (Å²) in [7, 11) is 1.37. The van der Waals surface area contributed by atoms with Gasteiger partial charge in [0.05, 0.1) is 18.5 Å². The van der Waals surface area contributed by atoms with E-state index < -0.39 is 5.97 Å². The summed E-state index contributed by atoms with van der Waals surface area (Å²) in [6, 6.07) is 1.87. The van der Waals surface area contributed by atoms with Crippen LogP contribution in [-0.2, 0) is 9.53 Å². The number of allylic oxidation sites excluding steroid dienone is 5. The lowest BCUT2D eigenvalue weighted by molar-refractivity contribution is -0.120. The molecular weight excluding hydrogens is 390 g/mol. The molecule has 0 radical (unpaired) electrons. The second-order valence-corrected chi connectivity index (χ2v) is 8.35. The van der Waals surface area contributed by atoms with Crippen LogP contribution in [0.4, 0.5) is 0 Å². The number of pyridine rings is 1. The fourth-order valence-electron chi connectivity index (χ4n) is 4.59. The molecule has 0 aromatic carbocycles. The monoisotopic (exact) mass is 419 g/mol. The Morgan fingerprint density at radius 1 is 1.23 bits per heavy atom. The van der Waals surface area contributed by atoms with Crippen molar-refractivity contribution in [3.8, 4) is 0 Å². The molecule has 0 saturated heterocycles. The first-order valence-corrected chi connectivity index (χ1v) is 11.1. The third-order valence-corrected chi connectivity index (χ3v) is 6.44. The molecule has 2 aliphatic rings. The van der Waals surface area contributed by atoms with Crippen molar-refractivity contribution in [2.24, 2.45) is 0 Å². The molecule has 2 aromatic heterocycles. The topological polar surface area (TPSA) is 74.1 Å². The number of ether oxygens (including phenoxy) is 1. The molecule has 0 atom stereocenters. The van der Waals surface area contributed by atoms with E-state index in [0.717, 1.165) is 48.0 Å². The first kappa shape index (κ1) is 21.2. The van der Waals surface area contributed by atoms with E-state index in [1.165, 1.54) is 13.5 Å². The molecule has 0 aliphatic heterocycles. The van der Waals surface area contributed by atoms with Gasteiger partial charge in [0.1, 0.15) is 5.78 Å². The SMILES string of the molecule is C=C/C=C(\C=C/C)n1nc(C2CCC2)c2c(C3CCC(=O)CC3)cc(C(=O)OC)nc21. The molecule has 6 nitrogen and oxygen atoms in total. The number of rotatable bonds is 6. The Balaban J connectivity index is 2.00. The number of hydrogen-bond acceptors (Lipinski definition) is 5. The first-order valence-electron chi connectivity index (χ1n) is 11.1. The van der Waals surface area contributed by atoms with E-state index in [4.69, 9.17) is 14.8 Å². The molecule has 0 unspecified atom stereocenters. The molecule has 2 heterocycles. The van der Waals surface area contributed by atoms with Gasteiger partial charge < -0.3 is 4.74 Å². The molecule has 31 heavy (non-hydrogen) atoms. The Kier molecular flexibility index (Phi) is 6.16. The molecule has 2 aliphatic carbocycles. The van der Waals surface area contributed by atoms with Gasteiger partial charge in [0, 0.05) is 24.1 Å². The van der Waals surface area contributed by atoms with Crippen LogP contribution in [0, 0.1) is 0 Å². The van der Waals surface area contributed by atoms with Crippen molar-refractivity contribution >= 4 is 28.5 Å². The molecule has 0 amide bonds. The average molecular weight is 420 g/mol. The number of ketones is 1. The number of esters is 1. The minimum atomic E-state index is -0.465. The molecule has 2 aromatic rings. The Bertz CT molecular complexity index is 1080. The van der Waals surface area contributed by atoms with Gasteiger partial charge in [0.2, 0.25) is 0 Å². The summed E-state index contributed by atoms with van der Waals surface area (Å²) in [6.45, 7) is 5.79. The highest BCUT2D eigenvalue weighted by molar-refractivity contribution is 5.94. The van der Waals surface area contributed by atoms with E-state index in [1.54, 1.807) is 6.08 Å². The van der Waals surface area contributed by atoms with Gasteiger partial charge >= 0.3 is 5.97 Å². The molecule has 0 spiro atoms. The van der Waals surface area contributed by atoms with E-state index in [0.29, 0.717) is 30.2 Å². The van der Waals surface area contributed by atoms with Crippen molar-refractivity contribution in [3.63, 3.8) is 0 Å². The van der Waals surface area contributed by atoms with Crippen LogP contribution < -0.4 is 0 Å². The first-order chi connectivity index (χ1) is 15.1. The summed E-state index contributed by atoms with van der Waals surface area (Å²) in [5.74, 6) is 0.452. The zero-order valence-electron chi connectivity index (χ0n) is 18.3. The second-order valence-electron chi connectivity index (χ2n) is 8.35. The van der Waals surface area contributed by atoms with Crippen molar-refractivity contribution < 1.29 is 14.3 Å². The standard InChI is InChI=1S/C25H29N3O3/c1-4-7-18(8-5-2)28-24-22(23(27-28)17-9-6-10-17)20(15-21(26-24)25(30)31-3)16-11-13-19(29)14-12-16/h4-5,7-8,15-17H,1,6,9-14H2,2-3H3/b8-5-,18-7+. The second kappa shape index (κ2) is 9.00. The predicted molar refractivity (Wildman–Crippen MR) is 121 cm³/mol. The number of carbonyl (C=O) groups excluding carboxylic acids is 2. The van der Waals surface area contributed by atoms with Crippen molar-refractivity contribution in [2.75, 3.05) is 7.11 Å². The van der Waals surface area contributed by atoms with E-state index in [1.807, 2.05) is 35.9 Å². The van der Waals surface area contributed by atoms with E-state index in [-0.39, 0.29) is 11.6 Å². The number of carbonyl (C=O) groups is 2. The quantitative estimate of drug-likeness (QED) is 0.468. The van der Waals surface area contributed by atoms with E-state index in [9.17, 15) is 9.59 Å². The summed E-state index contributed by atoms with van der Waals surface area (Å²) in [5.41, 5.74) is 3.91. The maximum atomic E-state index is 12.5. The van der Waals surface area contributed by atoms with Gasteiger partial charge in [-0.2, -0.15) is 5.10 Å². The highest BCUT2D eigenvalue weighted by Crippen LogP contribution is 2.44. The maximum absolute atomic E-state index is 12.5. The fraction of sp³-hybridized carbons (Fsp3) is 0.440. The van der Waals surface area contributed by atoms with Gasteiger partial charge in [0.25, 0.3) is 0 Å². The minimum absolute atomic E-state index is 0.205. The number of aromatic nitrogens is 3. The summed E-state index contributed by atoms with van der Waals surface area (Å²) >= 11 is 0. The summed E-state index contributed by atoms with van der Waals surface area (Å²) in [4.78, 5) is 29.1. The highest BCUT2D eigenvalue weighted by atomic mass is 16.5. The van der Waals surface area contributed by atoms with Gasteiger partial charge in [0.15, 0.2) is 11.3 Å². The van der Waals surface area contributed by atoms with Crippen LogP contribution in [0.15, 0.2) is 36.9 Å². The van der Waals surface area contributed by atoms with Crippen LogP contribution in [0.3, 0.4) is 0 Å². The van der Waals surface area contributed by atoms with Crippen LogP contribution in [0.2, 0.25) is 0 Å². The lowest BCUT2D eigenvalue weighted by Crippen LogP contribution is -2.15. The Morgan fingerprint density at radius 3 is 2.55 bits per heavy atom. The smallest absolute Gasteiger partial charge is 0.356 e. The Hall–Kier alpha value is -3.02. The summed E-state index contributed by atoms with van der Waals surface area (Å²) in [6.07, 6.45) is 13.7. The molecular formula is C25H29N3O3. The number of nitrogens with zero attached hydrogens (tertiary/aromatic N) is 3. The summed E-state index contributed by atoms with van der Waals surface area (Å²) < 4.78 is 6.82. The van der Waals surface area contributed by atoms with E-state index >= 15 is 0 Å². The Morgan fingerprint density at radius 2 is 1.97 bits per heavy atom. The number of methoxy groups -OCH3 is 1. The number of fused-ring (bicyclic) bond motifs is 1. The van der Waals surface area contributed by atoms with E-state index in [2.05, 4.69) is 6.58 Å². The fourth-order valence-corrected chi connectivity index (χ4v) is 4.59. The lowest BCUT2D eigenvalue weighted by atomic mass is 9.78. The molecule has 162 valence electrons. The van der Waals surface area contributed by atoms with Crippen LogP contribution in [0.25, 0.3) is 16.7 Å². The van der Waals surface area contributed by atoms with Crippen molar-refractivity contribution in [2.45, 2.75) is 63.7 Å². The zero-order chi connectivity index (χ0) is 22.0. The molecule has 2 saturated carbocycles. The number of Topliss-reactive ketones (excluding diaryl/α,β-unsaturated/α-hetero) is 1. The molecule has 2 fully saturated rings. The predicted octanol–water partition coefficient (Wildman–Crippen LogP) is 5.32. The van der Waals surface area contributed by atoms with Crippen molar-refractivity contribution in [3.05, 3.63) is 53.9 Å². The van der Waals surface area contributed by atoms with Gasteiger partial charge in [-0.15, -0.1) is 0 Å². The van der Waals surface area contributed by atoms with Gasteiger partial charge in [-0.25, -0.2) is 14.5 Å². The van der Waals surface area contributed by atoms with Gasteiger partial charge in [-0.3, -0.25) is 4.79 Å². The van der Waals surface area contributed by atoms with Crippen LogP contribution in [-0.4, -0.2) is 33.6 Å². The number of hydrogen-bond donors (Lipinski definition) is 0. The average Bonchev–Trinajstić information content (AvgIpc) is 3.10. The summed E-state index contributed by atoms with van der Waals surface area (Å²) in [5, 5.41) is 6.05. The van der Waals surface area contributed by atoms with Gasteiger partial charge in [-0.1, -0.05) is 25.2 Å². The van der Waals surface area contributed by atoms with Crippen molar-refractivity contribution in [1.29, 1.82) is 0 Å². The molecule has 6 heteroatoms.